The SMILES string of the molecule is COc1ccc(C(=O)c2ccc(N3CCCC3)cc2)cc1. The average Bonchev–Trinajstić information content (AvgIpc) is 3.09. The normalized spacial score (nSPS) is 14.2. The summed E-state index contributed by atoms with van der Waals surface area (Å²) in [6.07, 6.45) is 2.51. The van der Waals surface area contributed by atoms with Gasteiger partial charge in [-0.25, -0.2) is 0 Å². The van der Waals surface area contributed by atoms with Crippen molar-refractivity contribution in [2.75, 3.05) is 25.1 Å². The van der Waals surface area contributed by atoms with Crippen LogP contribution >= 0.6 is 0 Å². The summed E-state index contributed by atoms with van der Waals surface area (Å²) in [6.45, 7) is 2.23. The van der Waals surface area contributed by atoms with Crippen LogP contribution in [0.4, 0.5) is 5.69 Å². The van der Waals surface area contributed by atoms with E-state index in [1.165, 1.54) is 18.5 Å². The zero-order valence-electron chi connectivity index (χ0n) is 12.2. The van der Waals surface area contributed by atoms with Crippen molar-refractivity contribution in [3.63, 3.8) is 0 Å². The molecule has 2 aromatic rings. The summed E-state index contributed by atoms with van der Waals surface area (Å²) in [5.41, 5.74) is 2.62. The Labute approximate surface area is 125 Å². The summed E-state index contributed by atoms with van der Waals surface area (Å²) < 4.78 is 5.11. The highest BCUT2D eigenvalue weighted by atomic mass is 16.5. The second kappa shape index (κ2) is 6.00. The van der Waals surface area contributed by atoms with Gasteiger partial charge in [0, 0.05) is 29.9 Å². The second-order valence-electron chi connectivity index (χ2n) is 5.30. The number of benzene rings is 2. The molecule has 0 N–H and O–H groups in total. The summed E-state index contributed by atoms with van der Waals surface area (Å²) in [5, 5.41) is 0. The highest BCUT2D eigenvalue weighted by Gasteiger charge is 2.13. The van der Waals surface area contributed by atoms with E-state index in [0.29, 0.717) is 5.56 Å². The third kappa shape index (κ3) is 2.92. The zero-order valence-corrected chi connectivity index (χ0v) is 12.2. The standard InChI is InChI=1S/C18H19NO2/c1-21-17-10-6-15(7-11-17)18(20)14-4-8-16(9-5-14)19-12-2-3-13-19/h4-11H,2-3,12-13H2,1H3. The van der Waals surface area contributed by atoms with Crippen molar-refractivity contribution in [3.8, 4) is 5.75 Å². The highest BCUT2D eigenvalue weighted by Crippen LogP contribution is 2.22. The van der Waals surface area contributed by atoms with E-state index < -0.39 is 0 Å². The van der Waals surface area contributed by atoms with Gasteiger partial charge in [0.2, 0.25) is 0 Å². The molecule has 0 spiro atoms. The molecule has 0 bridgehead atoms. The van der Waals surface area contributed by atoms with Gasteiger partial charge in [-0.1, -0.05) is 0 Å². The molecule has 0 aliphatic carbocycles. The van der Waals surface area contributed by atoms with E-state index >= 15 is 0 Å². The van der Waals surface area contributed by atoms with E-state index in [1.807, 2.05) is 36.4 Å². The molecule has 0 aromatic heterocycles. The van der Waals surface area contributed by atoms with Gasteiger partial charge in [0.1, 0.15) is 5.75 Å². The Bertz CT molecular complexity index is 611. The summed E-state index contributed by atoms with van der Waals surface area (Å²) in [5.74, 6) is 0.807. The minimum atomic E-state index is 0.0469. The Morgan fingerprint density at radius 2 is 1.43 bits per heavy atom. The first-order chi connectivity index (χ1) is 10.3. The third-order valence-corrected chi connectivity index (χ3v) is 3.95. The molecule has 0 atom stereocenters. The number of ketones is 1. The lowest BCUT2D eigenvalue weighted by Crippen LogP contribution is -2.17. The molecule has 3 nitrogen and oxygen atoms in total. The molecule has 0 unspecified atom stereocenters. The Balaban J connectivity index is 1.77. The number of carbonyl (C=O) groups excluding carboxylic acids is 1. The van der Waals surface area contributed by atoms with Crippen LogP contribution in [0, 0.1) is 0 Å². The quantitative estimate of drug-likeness (QED) is 0.803. The molecule has 21 heavy (non-hydrogen) atoms. The number of hydrogen-bond acceptors (Lipinski definition) is 3. The maximum atomic E-state index is 12.4. The maximum absolute atomic E-state index is 12.4. The van der Waals surface area contributed by atoms with Crippen molar-refractivity contribution < 1.29 is 9.53 Å². The molecule has 0 radical (unpaired) electrons. The molecule has 1 fully saturated rings. The van der Waals surface area contributed by atoms with E-state index in [1.54, 1.807) is 19.2 Å². The summed E-state index contributed by atoms with van der Waals surface area (Å²) in [4.78, 5) is 14.8. The monoisotopic (exact) mass is 281 g/mol. The van der Waals surface area contributed by atoms with Crippen LogP contribution < -0.4 is 9.64 Å². The molecule has 3 rings (SSSR count). The van der Waals surface area contributed by atoms with E-state index in [0.717, 1.165) is 24.4 Å². The lowest BCUT2D eigenvalue weighted by atomic mass is 10.0. The Kier molecular flexibility index (Phi) is 3.91. The zero-order chi connectivity index (χ0) is 14.7. The van der Waals surface area contributed by atoms with Crippen LogP contribution in [-0.4, -0.2) is 26.0 Å². The molecule has 1 aliphatic rings. The highest BCUT2D eigenvalue weighted by molar-refractivity contribution is 6.09. The second-order valence-corrected chi connectivity index (χ2v) is 5.30. The van der Waals surface area contributed by atoms with Gasteiger partial charge in [-0.2, -0.15) is 0 Å². The van der Waals surface area contributed by atoms with Gasteiger partial charge in [0.25, 0.3) is 0 Å². The van der Waals surface area contributed by atoms with Crippen molar-refractivity contribution in [1.29, 1.82) is 0 Å². The van der Waals surface area contributed by atoms with Crippen molar-refractivity contribution in [1.82, 2.24) is 0 Å². The number of ether oxygens (including phenoxy) is 1. The lowest BCUT2D eigenvalue weighted by Gasteiger charge is -2.17. The van der Waals surface area contributed by atoms with Crippen LogP contribution in [0.1, 0.15) is 28.8 Å². The first-order valence-corrected chi connectivity index (χ1v) is 7.32. The molecule has 0 amide bonds. The first-order valence-electron chi connectivity index (χ1n) is 7.32. The van der Waals surface area contributed by atoms with Crippen molar-refractivity contribution >= 4 is 11.5 Å². The van der Waals surface area contributed by atoms with Crippen LogP contribution in [0.25, 0.3) is 0 Å². The number of nitrogens with zero attached hydrogens (tertiary/aromatic N) is 1. The van der Waals surface area contributed by atoms with Crippen LogP contribution in [0.3, 0.4) is 0 Å². The maximum Gasteiger partial charge on any atom is 0.193 e. The molecule has 108 valence electrons. The number of rotatable bonds is 4. The summed E-state index contributed by atoms with van der Waals surface area (Å²) in [6, 6.07) is 15.1. The van der Waals surface area contributed by atoms with Gasteiger partial charge in [-0.3, -0.25) is 4.79 Å². The number of hydrogen-bond donors (Lipinski definition) is 0. The van der Waals surface area contributed by atoms with Crippen LogP contribution in [0.5, 0.6) is 5.75 Å². The fourth-order valence-corrected chi connectivity index (χ4v) is 2.71. The molecular formula is C18H19NO2. The van der Waals surface area contributed by atoms with E-state index in [4.69, 9.17) is 4.74 Å². The van der Waals surface area contributed by atoms with Crippen molar-refractivity contribution in [2.45, 2.75) is 12.8 Å². The Morgan fingerprint density at radius 1 is 0.905 bits per heavy atom. The fraction of sp³-hybridized carbons (Fsp3) is 0.278. The third-order valence-electron chi connectivity index (χ3n) is 3.95. The smallest absolute Gasteiger partial charge is 0.193 e. The minimum Gasteiger partial charge on any atom is -0.497 e. The minimum absolute atomic E-state index is 0.0469. The number of anilines is 1. The van der Waals surface area contributed by atoms with Crippen molar-refractivity contribution in [3.05, 3.63) is 59.7 Å². The van der Waals surface area contributed by atoms with E-state index in [-0.39, 0.29) is 5.78 Å². The predicted octanol–water partition coefficient (Wildman–Crippen LogP) is 3.53. The summed E-state index contributed by atoms with van der Waals surface area (Å²) >= 11 is 0. The Morgan fingerprint density at radius 3 is 1.95 bits per heavy atom. The Hall–Kier alpha value is -2.29. The van der Waals surface area contributed by atoms with Crippen LogP contribution in [0.15, 0.2) is 48.5 Å². The fourth-order valence-electron chi connectivity index (χ4n) is 2.71. The number of methoxy groups -OCH3 is 1. The van der Waals surface area contributed by atoms with Gasteiger partial charge >= 0.3 is 0 Å². The largest absolute Gasteiger partial charge is 0.497 e. The molecule has 1 saturated heterocycles. The molecule has 0 saturated carbocycles. The molecule has 1 heterocycles. The van der Waals surface area contributed by atoms with Gasteiger partial charge < -0.3 is 9.64 Å². The lowest BCUT2D eigenvalue weighted by molar-refractivity contribution is 0.103. The van der Waals surface area contributed by atoms with Crippen LogP contribution in [0.2, 0.25) is 0 Å². The van der Waals surface area contributed by atoms with Gasteiger partial charge in [0.05, 0.1) is 7.11 Å². The van der Waals surface area contributed by atoms with Gasteiger partial charge in [0.15, 0.2) is 5.78 Å². The topological polar surface area (TPSA) is 29.5 Å². The summed E-state index contributed by atoms with van der Waals surface area (Å²) in [7, 11) is 1.62. The molecule has 1 aliphatic heterocycles. The predicted molar refractivity (Wildman–Crippen MR) is 84.3 cm³/mol. The average molecular weight is 281 g/mol. The van der Waals surface area contributed by atoms with Crippen molar-refractivity contribution in [2.24, 2.45) is 0 Å². The molecular weight excluding hydrogens is 262 g/mol. The molecule has 2 aromatic carbocycles. The van der Waals surface area contributed by atoms with E-state index in [2.05, 4.69) is 4.90 Å². The van der Waals surface area contributed by atoms with Gasteiger partial charge in [-0.15, -0.1) is 0 Å². The van der Waals surface area contributed by atoms with E-state index in [9.17, 15) is 4.79 Å². The molecule has 3 heteroatoms. The van der Waals surface area contributed by atoms with Gasteiger partial charge in [-0.05, 0) is 61.4 Å². The number of carbonyl (C=O) groups is 1. The van der Waals surface area contributed by atoms with Crippen LogP contribution in [-0.2, 0) is 0 Å². The first kappa shape index (κ1) is 13.7.